The lowest BCUT2D eigenvalue weighted by atomic mass is 10.2. The molecule has 0 unspecified atom stereocenters. The summed E-state index contributed by atoms with van der Waals surface area (Å²) in [7, 11) is 0. The van der Waals surface area contributed by atoms with Gasteiger partial charge in [-0.3, -0.25) is 4.79 Å². The molecule has 2 aromatic rings. The molecule has 2 N–H and O–H groups in total. The maximum atomic E-state index is 11.9. The molecule has 112 valence electrons. The first-order chi connectivity index (χ1) is 10.1. The van der Waals surface area contributed by atoms with E-state index in [1.807, 2.05) is 19.1 Å². The second-order valence-electron chi connectivity index (χ2n) is 5.89. The highest BCUT2D eigenvalue weighted by Crippen LogP contribution is 2.32. The van der Waals surface area contributed by atoms with E-state index < -0.39 is 0 Å². The molecular weight excluding hydrogens is 282 g/mol. The minimum atomic E-state index is -0.0910. The van der Waals surface area contributed by atoms with Crippen LogP contribution in [0.3, 0.4) is 0 Å². The van der Waals surface area contributed by atoms with Crippen molar-refractivity contribution in [1.82, 2.24) is 15.3 Å². The van der Waals surface area contributed by atoms with Crippen molar-refractivity contribution in [1.29, 1.82) is 0 Å². The molecule has 5 heteroatoms. The summed E-state index contributed by atoms with van der Waals surface area (Å²) in [5, 5.41) is 3.01. The standard InChI is InChI=1S/C16H21N3OS/c1-10-3-6-13-14(7-10)19-16(18-13)11(2)17-15(20)9-21-8-12-4-5-12/h3,6-7,11-12H,4-5,8-9H2,1-2H3,(H,17,20)(H,18,19)/t11-/m1/s1. The summed E-state index contributed by atoms with van der Waals surface area (Å²) in [5.41, 5.74) is 3.17. The van der Waals surface area contributed by atoms with Crippen LogP contribution >= 0.6 is 11.8 Å². The van der Waals surface area contributed by atoms with Gasteiger partial charge in [0.05, 0.1) is 22.8 Å². The SMILES string of the molecule is Cc1ccc2nc([C@@H](C)NC(=O)CSCC3CC3)[nH]c2c1. The summed E-state index contributed by atoms with van der Waals surface area (Å²) in [6.07, 6.45) is 2.67. The number of hydrogen-bond acceptors (Lipinski definition) is 3. The number of aromatic nitrogens is 2. The topological polar surface area (TPSA) is 57.8 Å². The third-order valence-corrected chi connectivity index (χ3v) is 4.90. The summed E-state index contributed by atoms with van der Waals surface area (Å²) in [5.74, 6) is 3.42. The van der Waals surface area contributed by atoms with Gasteiger partial charge in [0.15, 0.2) is 0 Å². The Kier molecular flexibility index (Phi) is 4.19. The summed E-state index contributed by atoms with van der Waals surface area (Å²) in [6, 6.07) is 6.04. The molecule has 1 aromatic heterocycles. The van der Waals surface area contributed by atoms with E-state index in [0.717, 1.165) is 28.5 Å². The third kappa shape index (κ3) is 3.79. The zero-order chi connectivity index (χ0) is 14.8. The molecule has 0 radical (unpaired) electrons. The van der Waals surface area contributed by atoms with Gasteiger partial charge in [-0.25, -0.2) is 4.98 Å². The molecular formula is C16H21N3OS. The normalized spacial score (nSPS) is 16.1. The van der Waals surface area contributed by atoms with Crippen LogP contribution in [0.25, 0.3) is 11.0 Å². The van der Waals surface area contributed by atoms with Gasteiger partial charge in [-0.15, -0.1) is 0 Å². The first-order valence-corrected chi connectivity index (χ1v) is 8.60. The van der Waals surface area contributed by atoms with E-state index in [4.69, 9.17) is 0 Å². The molecule has 1 aliphatic rings. The van der Waals surface area contributed by atoms with Crippen molar-refractivity contribution < 1.29 is 4.79 Å². The van der Waals surface area contributed by atoms with Gasteiger partial charge in [0.1, 0.15) is 5.82 Å². The van der Waals surface area contributed by atoms with Gasteiger partial charge in [-0.2, -0.15) is 11.8 Å². The minimum absolute atomic E-state index is 0.0878. The van der Waals surface area contributed by atoms with Crippen molar-refractivity contribution in [2.24, 2.45) is 5.92 Å². The first-order valence-electron chi connectivity index (χ1n) is 7.45. The van der Waals surface area contributed by atoms with Crippen LogP contribution in [0.2, 0.25) is 0 Å². The number of thioether (sulfide) groups is 1. The molecule has 1 aromatic carbocycles. The van der Waals surface area contributed by atoms with Crippen LogP contribution in [0.5, 0.6) is 0 Å². The van der Waals surface area contributed by atoms with Crippen molar-refractivity contribution in [3.63, 3.8) is 0 Å². The van der Waals surface area contributed by atoms with Crippen LogP contribution < -0.4 is 5.32 Å². The Labute approximate surface area is 129 Å². The van der Waals surface area contributed by atoms with E-state index in [1.54, 1.807) is 11.8 Å². The monoisotopic (exact) mass is 303 g/mol. The van der Waals surface area contributed by atoms with Gasteiger partial charge < -0.3 is 10.3 Å². The van der Waals surface area contributed by atoms with Gasteiger partial charge in [0, 0.05) is 0 Å². The zero-order valence-electron chi connectivity index (χ0n) is 12.5. The Morgan fingerprint density at radius 3 is 3.10 bits per heavy atom. The smallest absolute Gasteiger partial charge is 0.230 e. The molecule has 0 bridgehead atoms. The van der Waals surface area contributed by atoms with E-state index in [-0.39, 0.29) is 11.9 Å². The fraction of sp³-hybridized carbons (Fsp3) is 0.500. The molecule has 1 fully saturated rings. The van der Waals surface area contributed by atoms with Crippen LogP contribution in [0.15, 0.2) is 18.2 Å². The van der Waals surface area contributed by atoms with E-state index >= 15 is 0 Å². The van der Waals surface area contributed by atoms with Crippen LogP contribution in [-0.4, -0.2) is 27.4 Å². The maximum Gasteiger partial charge on any atom is 0.230 e. The number of imidazole rings is 1. The Bertz CT molecular complexity index is 648. The average Bonchev–Trinajstić information content (AvgIpc) is 3.15. The van der Waals surface area contributed by atoms with Crippen molar-refractivity contribution in [3.8, 4) is 0 Å². The van der Waals surface area contributed by atoms with Crippen LogP contribution in [0, 0.1) is 12.8 Å². The number of fused-ring (bicyclic) bond motifs is 1. The number of aryl methyl sites for hydroxylation is 1. The Morgan fingerprint density at radius 1 is 1.52 bits per heavy atom. The fourth-order valence-electron chi connectivity index (χ4n) is 2.30. The number of carbonyl (C=O) groups is 1. The van der Waals surface area contributed by atoms with Crippen molar-refractivity contribution in [2.45, 2.75) is 32.7 Å². The average molecular weight is 303 g/mol. The predicted molar refractivity (Wildman–Crippen MR) is 87.4 cm³/mol. The van der Waals surface area contributed by atoms with Crippen molar-refractivity contribution >= 4 is 28.7 Å². The van der Waals surface area contributed by atoms with Crippen molar-refractivity contribution in [2.75, 3.05) is 11.5 Å². The van der Waals surface area contributed by atoms with Gasteiger partial charge in [-0.1, -0.05) is 6.07 Å². The van der Waals surface area contributed by atoms with Crippen LogP contribution in [0.4, 0.5) is 0 Å². The number of hydrogen-bond donors (Lipinski definition) is 2. The van der Waals surface area contributed by atoms with E-state index in [9.17, 15) is 4.79 Å². The van der Waals surface area contributed by atoms with Gasteiger partial charge in [0.25, 0.3) is 0 Å². The number of benzene rings is 1. The summed E-state index contributed by atoms with van der Waals surface area (Å²) in [6.45, 7) is 4.02. The van der Waals surface area contributed by atoms with Gasteiger partial charge in [0.2, 0.25) is 5.91 Å². The first kappa shape index (κ1) is 14.4. The number of aromatic amines is 1. The Balaban J connectivity index is 1.57. The quantitative estimate of drug-likeness (QED) is 0.861. The molecule has 1 aliphatic carbocycles. The summed E-state index contributed by atoms with van der Waals surface area (Å²) >= 11 is 1.73. The molecule has 0 aliphatic heterocycles. The second kappa shape index (κ2) is 6.10. The lowest BCUT2D eigenvalue weighted by Gasteiger charge is -2.11. The van der Waals surface area contributed by atoms with E-state index in [1.165, 1.54) is 18.4 Å². The number of amides is 1. The molecule has 4 nitrogen and oxygen atoms in total. The zero-order valence-corrected chi connectivity index (χ0v) is 13.3. The summed E-state index contributed by atoms with van der Waals surface area (Å²) in [4.78, 5) is 19.8. The summed E-state index contributed by atoms with van der Waals surface area (Å²) < 4.78 is 0. The lowest BCUT2D eigenvalue weighted by Crippen LogP contribution is -2.29. The molecule has 3 rings (SSSR count). The number of nitrogens with zero attached hydrogens (tertiary/aromatic N) is 1. The largest absolute Gasteiger partial charge is 0.346 e. The molecule has 1 atom stereocenters. The number of rotatable bonds is 6. The molecule has 0 saturated heterocycles. The molecule has 0 spiro atoms. The predicted octanol–water partition coefficient (Wildman–Crippen LogP) is 3.19. The Morgan fingerprint density at radius 2 is 2.33 bits per heavy atom. The highest BCUT2D eigenvalue weighted by atomic mass is 32.2. The third-order valence-electron chi connectivity index (χ3n) is 3.73. The van der Waals surface area contributed by atoms with Crippen LogP contribution in [0.1, 0.15) is 37.2 Å². The number of H-pyrrole nitrogens is 1. The van der Waals surface area contributed by atoms with Crippen LogP contribution in [-0.2, 0) is 4.79 Å². The fourth-order valence-corrected chi connectivity index (χ4v) is 3.36. The number of carbonyl (C=O) groups excluding carboxylic acids is 1. The second-order valence-corrected chi connectivity index (χ2v) is 6.92. The Hall–Kier alpha value is -1.49. The molecule has 21 heavy (non-hydrogen) atoms. The molecule has 1 saturated carbocycles. The highest BCUT2D eigenvalue weighted by molar-refractivity contribution is 7.99. The number of nitrogens with one attached hydrogen (secondary N) is 2. The molecule has 1 heterocycles. The maximum absolute atomic E-state index is 11.9. The minimum Gasteiger partial charge on any atom is -0.346 e. The van der Waals surface area contributed by atoms with E-state index in [0.29, 0.717) is 5.75 Å². The van der Waals surface area contributed by atoms with E-state index in [2.05, 4.69) is 28.3 Å². The highest BCUT2D eigenvalue weighted by Gasteiger charge is 2.21. The van der Waals surface area contributed by atoms with Crippen molar-refractivity contribution in [3.05, 3.63) is 29.6 Å². The molecule has 1 amide bonds. The van der Waals surface area contributed by atoms with Gasteiger partial charge in [-0.05, 0) is 56.1 Å². The lowest BCUT2D eigenvalue weighted by molar-refractivity contribution is -0.119. The van der Waals surface area contributed by atoms with Gasteiger partial charge >= 0.3 is 0 Å².